The highest BCUT2D eigenvalue weighted by molar-refractivity contribution is 9.09. The van der Waals surface area contributed by atoms with Gasteiger partial charge in [-0.25, -0.2) is 12.7 Å². The molecule has 0 unspecified atom stereocenters. The van der Waals surface area contributed by atoms with Crippen molar-refractivity contribution in [1.82, 2.24) is 4.31 Å². The molecule has 1 saturated heterocycles. The molecule has 0 N–H and O–H groups in total. The molecule has 2 saturated carbocycles. The summed E-state index contributed by atoms with van der Waals surface area (Å²) in [6.45, 7) is 4.37. The zero-order valence-corrected chi connectivity index (χ0v) is 13.1. The molecule has 2 bridgehead atoms. The van der Waals surface area contributed by atoms with Gasteiger partial charge in [0.25, 0.3) is 0 Å². The lowest BCUT2D eigenvalue weighted by molar-refractivity contribution is -0.126. The predicted octanol–water partition coefficient (Wildman–Crippen LogP) is 1.75. The zero-order valence-electron chi connectivity index (χ0n) is 10.6. The summed E-state index contributed by atoms with van der Waals surface area (Å²) < 4.78 is 25.9. The largest absolute Gasteiger partial charge is 0.273 e. The third kappa shape index (κ3) is 1.26. The van der Waals surface area contributed by atoms with Crippen molar-refractivity contribution in [2.45, 2.75) is 39.2 Å². The molecular weight excluding hydrogens is 318 g/mol. The van der Waals surface area contributed by atoms with Crippen molar-refractivity contribution in [3.63, 3.8) is 0 Å². The lowest BCUT2D eigenvalue weighted by Gasteiger charge is -2.36. The maximum absolute atomic E-state index is 12.3. The number of halogens is 1. The molecule has 3 aliphatic rings. The van der Waals surface area contributed by atoms with Crippen LogP contribution in [-0.4, -0.2) is 35.8 Å². The first-order chi connectivity index (χ1) is 8.26. The van der Waals surface area contributed by atoms with Crippen LogP contribution < -0.4 is 0 Å². The van der Waals surface area contributed by atoms with Gasteiger partial charge < -0.3 is 0 Å². The fourth-order valence-corrected chi connectivity index (χ4v) is 7.66. The number of rotatable bonds is 1. The third-order valence-corrected chi connectivity index (χ3v) is 8.19. The van der Waals surface area contributed by atoms with Crippen molar-refractivity contribution in [3.05, 3.63) is 0 Å². The van der Waals surface area contributed by atoms with Gasteiger partial charge in [0.05, 0.1) is 17.1 Å². The van der Waals surface area contributed by atoms with E-state index in [4.69, 9.17) is 0 Å². The van der Waals surface area contributed by atoms with Crippen LogP contribution in [0.15, 0.2) is 0 Å². The summed E-state index contributed by atoms with van der Waals surface area (Å²) in [6, 6.07) is -0.0960. The Hall–Kier alpha value is -0.100. The molecule has 0 aromatic carbocycles. The summed E-state index contributed by atoms with van der Waals surface area (Å²) >= 11 is 3.10. The standard InChI is InChI=1S/C12H18BrNO3S/c1-11(2)8-3-4-12(11)7-18(16,17)14(9(12)5-8)10(15)6-13/h8-9H,3-7H2,1-2H3/t8-,9-,12-/m1/s1. The molecule has 18 heavy (non-hydrogen) atoms. The second-order valence-corrected chi connectivity index (χ2v) is 8.85. The molecule has 1 spiro atoms. The van der Waals surface area contributed by atoms with E-state index in [1.165, 1.54) is 4.31 Å². The minimum absolute atomic E-state index is 0.0338. The Morgan fingerprint density at radius 1 is 1.44 bits per heavy atom. The summed E-state index contributed by atoms with van der Waals surface area (Å²) in [5, 5.41) is 0.0872. The van der Waals surface area contributed by atoms with E-state index >= 15 is 0 Å². The van der Waals surface area contributed by atoms with Gasteiger partial charge in [-0.3, -0.25) is 4.79 Å². The Labute approximate surface area is 116 Å². The van der Waals surface area contributed by atoms with Gasteiger partial charge in [-0.1, -0.05) is 29.8 Å². The van der Waals surface area contributed by atoms with Crippen LogP contribution in [0.5, 0.6) is 0 Å². The molecule has 1 aliphatic heterocycles. The fraction of sp³-hybridized carbons (Fsp3) is 0.917. The Kier molecular flexibility index (Phi) is 2.52. The number of hydrogen-bond donors (Lipinski definition) is 0. The average Bonchev–Trinajstić information content (AvgIpc) is 2.74. The second-order valence-electron chi connectivity index (χ2n) is 6.44. The zero-order chi connectivity index (χ0) is 13.3. The van der Waals surface area contributed by atoms with Crippen molar-refractivity contribution in [2.75, 3.05) is 11.1 Å². The second kappa shape index (κ2) is 3.51. The SMILES string of the molecule is CC1(C)[C@@H]2CC[C@]13CS(=O)(=O)N(C(=O)CBr)[C@@H]3C2. The third-order valence-electron chi connectivity index (χ3n) is 5.77. The molecule has 6 heteroatoms. The van der Waals surface area contributed by atoms with Gasteiger partial charge in [0.2, 0.25) is 15.9 Å². The summed E-state index contributed by atoms with van der Waals surface area (Å²) in [5.74, 6) is 0.413. The van der Waals surface area contributed by atoms with Crippen LogP contribution in [0.4, 0.5) is 0 Å². The Balaban J connectivity index is 2.11. The molecule has 102 valence electrons. The quantitative estimate of drug-likeness (QED) is 0.686. The van der Waals surface area contributed by atoms with E-state index in [1.54, 1.807) is 0 Å². The summed E-state index contributed by atoms with van der Waals surface area (Å²) in [6.07, 6.45) is 2.90. The number of hydrogen-bond acceptors (Lipinski definition) is 3. The van der Waals surface area contributed by atoms with Crippen LogP contribution in [0.1, 0.15) is 33.1 Å². The van der Waals surface area contributed by atoms with Gasteiger partial charge >= 0.3 is 0 Å². The van der Waals surface area contributed by atoms with Crippen LogP contribution in [0.25, 0.3) is 0 Å². The molecular formula is C12H18BrNO3S. The van der Waals surface area contributed by atoms with Crippen LogP contribution in [0.2, 0.25) is 0 Å². The van der Waals surface area contributed by atoms with Crippen LogP contribution in [0.3, 0.4) is 0 Å². The first-order valence-corrected chi connectivity index (χ1v) is 9.10. The number of amides is 1. The van der Waals surface area contributed by atoms with Gasteiger partial charge in [0.15, 0.2) is 0 Å². The maximum Gasteiger partial charge on any atom is 0.246 e. The average molecular weight is 336 g/mol. The lowest BCUT2D eigenvalue weighted by Crippen LogP contribution is -2.44. The summed E-state index contributed by atoms with van der Waals surface area (Å²) in [7, 11) is -3.42. The van der Waals surface area contributed by atoms with E-state index < -0.39 is 10.0 Å². The number of fused-ring (bicyclic) bond motifs is 1. The molecule has 4 nitrogen and oxygen atoms in total. The first-order valence-electron chi connectivity index (χ1n) is 6.37. The summed E-state index contributed by atoms with van der Waals surface area (Å²) in [4.78, 5) is 12.0. The molecule has 2 aliphatic carbocycles. The van der Waals surface area contributed by atoms with Crippen molar-refractivity contribution in [3.8, 4) is 0 Å². The predicted molar refractivity (Wildman–Crippen MR) is 71.8 cm³/mol. The molecule has 3 rings (SSSR count). The highest BCUT2D eigenvalue weighted by Gasteiger charge is 2.72. The Morgan fingerprint density at radius 2 is 2.11 bits per heavy atom. The number of carbonyl (C=O) groups is 1. The maximum atomic E-state index is 12.3. The smallest absolute Gasteiger partial charge is 0.246 e. The van der Waals surface area contributed by atoms with Crippen molar-refractivity contribution < 1.29 is 13.2 Å². The molecule has 1 heterocycles. The van der Waals surface area contributed by atoms with E-state index in [2.05, 4.69) is 29.8 Å². The van der Waals surface area contributed by atoms with Crippen molar-refractivity contribution in [2.24, 2.45) is 16.7 Å². The fourth-order valence-electron chi connectivity index (χ4n) is 4.68. The monoisotopic (exact) mass is 335 g/mol. The van der Waals surface area contributed by atoms with Gasteiger partial charge in [0, 0.05) is 5.41 Å². The van der Waals surface area contributed by atoms with Gasteiger partial charge in [-0.15, -0.1) is 0 Å². The Morgan fingerprint density at radius 3 is 2.67 bits per heavy atom. The normalized spacial score (nSPS) is 43.2. The van der Waals surface area contributed by atoms with E-state index in [0.29, 0.717) is 5.92 Å². The van der Waals surface area contributed by atoms with E-state index in [-0.39, 0.29) is 33.9 Å². The molecule has 3 fully saturated rings. The van der Waals surface area contributed by atoms with Crippen LogP contribution in [-0.2, 0) is 14.8 Å². The highest BCUT2D eigenvalue weighted by atomic mass is 79.9. The molecule has 3 atom stereocenters. The van der Waals surface area contributed by atoms with Gasteiger partial charge in [0.1, 0.15) is 0 Å². The number of alkyl halides is 1. The van der Waals surface area contributed by atoms with Crippen LogP contribution >= 0.6 is 15.9 Å². The van der Waals surface area contributed by atoms with Gasteiger partial charge in [-0.2, -0.15) is 0 Å². The van der Waals surface area contributed by atoms with Crippen molar-refractivity contribution >= 4 is 31.9 Å². The topological polar surface area (TPSA) is 54.5 Å². The Bertz CT molecular complexity index is 515. The molecule has 0 radical (unpaired) electrons. The number of sulfonamides is 1. The van der Waals surface area contributed by atoms with E-state index in [9.17, 15) is 13.2 Å². The lowest BCUT2D eigenvalue weighted by atomic mass is 9.69. The molecule has 1 amide bonds. The van der Waals surface area contributed by atoms with Crippen LogP contribution in [0, 0.1) is 16.7 Å². The highest BCUT2D eigenvalue weighted by Crippen LogP contribution is 2.69. The minimum atomic E-state index is -3.42. The number of carbonyl (C=O) groups excluding carboxylic acids is 1. The first kappa shape index (κ1) is 12.9. The molecule has 0 aromatic rings. The van der Waals surface area contributed by atoms with E-state index in [1.807, 2.05) is 0 Å². The van der Waals surface area contributed by atoms with E-state index in [0.717, 1.165) is 19.3 Å². The van der Waals surface area contributed by atoms with Crippen molar-refractivity contribution in [1.29, 1.82) is 0 Å². The molecule has 0 aromatic heterocycles. The number of nitrogens with zero attached hydrogens (tertiary/aromatic N) is 1. The summed E-state index contributed by atoms with van der Waals surface area (Å²) in [5.41, 5.74) is -0.166. The minimum Gasteiger partial charge on any atom is -0.273 e. The van der Waals surface area contributed by atoms with Gasteiger partial charge in [-0.05, 0) is 30.6 Å².